The quantitative estimate of drug-likeness (QED) is 0.714. The second-order valence-electron chi connectivity index (χ2n) is 10.7. The van der Waals surface area contributed by atoms with E-state index in [2.05, 4.69) is 20.8 Å². The summed E-state index contributed by atoms with van der Waals surface area (Å²) in [6, 6.07) is 0. The SMILES string of the molecule is C[C@H]1CCC2C3C(OC(C)(C)O)CC4=CC(=O)CC[C@]4(C)C3CC[C@@]21C. The Kier molecular flexibility index (Phi) is 4.25. The highest BCUT2D eigenvalue weighted by Crippen LogP contribution is 2.67. The molecule has 4 unspecified atom stereocenters. The summed E-state index contributed by atoms with van der Waals surface area (Å²) in [7, 11) is 0. The van der Waals surface area contributed by atoms with Crippen LogP contribution in [0.25, 0.3) is 0 Å². The van der Waals surface area contributed by atoms with Crippen LogP contribution in [0.4, 0.5) is 0 Å². The van der Waals surface area contributed by atoms with Gasteiger partial charge in [0.1, 0.15) is 0 Å². The largest absolute Gasteiger partial charge is 0.366 e. The van der Waals surface area contributed by atoms with Crippen molar-refractivity contribution in [1.29, 1.82) is 0 Å². The van der Waals surface area contributed by atoms with Crippen LogP contribution in [0, 0.1) is 34.5 Å². The maximum Gasteiger partial charge on any atom is 0.160 e. The Balaban J connectivity index is 1.76. The molecule has 26 heavy (non-hydrogen) atoms. The van der Waals surface area contributed by atoms with Crippen molar-refractivity contribution in [3.8, 4) is 0 Å². The third-order valence-corrected chi connectivity index (χ3v) is 8.87. The molecule has 3 nitrogen and oxygen atoms in total. The van der Waals surface area contributed by atoms with Gasteiger partial charge in [-0.1, -0.05) is 26.3 Å². The Hall–Kier alpha value is -0.670. The maximum absolute atomic E-state index is 12.1. The molecule has 4 aliphatic carbocycles. The molecule has 0 radical (unpaired) electrons. The lowest BCUT2D eigenvalue weighted by molar-refractivity contribution is -0.244. The zero-order valence-electron chi connectivity index (χ0n) is 17.2. The molecule has 0 aromatic carbocycles. The summed E-state index contributed by atoms with van der Waals surface area (Å²) in [6.45, 7) is 10.8. The summed E-state index contributed by atoms with van der Waals surface area (Å²) in [6.07, 6.45) is 9.59. The van der Waals surface area contributed by atoms with Gasteiger partial charge in [0, 0.05) is 6.42 Å². The molecule has 0 heterocycles. The van der Waals surface area contributed by atoms with Gasteiger partial charge in [-0.15, -0.1) is 0 Å². The van der Waals surface area contributed by atoms with Gasteiger partial charge >= 0.3 is 0 Å². The number of carbonyl (C=O) groups excluding carboxylic acids is 1. The van der Waals surface area contributed by atoms with E-state index in [1.165, 1.54) is 31.3 Å². The first-order valence-electron chi connectivity index (χ1n) is 10.7. The van der Waals surface area contributed by atoms with Crippen LogP contribution in [-0.4, -0.2) is 22.8 Å². The van der Waals surface area contributed by atoms with Gasteiger partial charge in [0.15, 0.2) is 11.6 Å². The predicted octanol–water partition coefficient (Wildman–Crippen LogP) is 4.88. The minimum atomic E-state index is -1.12. The highest BCUT2D eigenvalue weighted by atomic mass is 16.6. The third-order valence-electron chi connectivity index (χ3n) is 8.87. The molecular weight excluding hydrogens is 324 g/mol. The van der Waals surface area contributed by atoms with Crippen molar-refractivity contribution in [3.63, 3.8) is 0 Å². The number of ketones is 1. The molecule has 0 amide bonds. The van der Waals surface area contributed by atoms with Crippen molar-refractivity contribution in [2.45, 2.75) is 91.5 Å². The first-order chi connectivity index (χ1) is 12.0. The van der Waals surface area contributed by atoms with Crippen LogP contribution in [0.5, 0.6) is 0 Å². The summed E-state index contributed by atoms with van der Waals surface area (Å²) < 4.78 is 6.27. The van der Waals surface area contributed by atoms with Crippen LogP contribution >= 0.6 is 0 Å². The van der Waals surface area contributed by atoms with Gasteiger partial charge in [-0.2, -0.15) is 0 Å². The van der Waals surface area contributed by atoms with E-state index in [1.807, 2.05) is 6.08 Å². The van der Waals surface area contributed by atoms with Crippen LogP contribution in [0.3, 0.4) is 0 Å². The minimum absolute atomic E-state index is 0.0279. The van der Waals surface area contributed by atoms with Gasteiger partial charge in [0.2, 0.25) is 0 Å². The van der Waals surface area contributed by atoms with Crippen molar-refractivity contribution in [2.75, 3.05) is 0 Å². The fraction of sp³-hybridized carbons (Fsp3) is 0.870. The standard InChI is InChI=1S/C23H36O3/c1-14-6-7-17-20-18(9-11-22(14,17)4)23(5)10-8-16(24)12-15(23)13-19(20)26-21(2,3)25/h12,14,17-20,25H,6-11,13H2,1-5H3/t14-,17?,18?,19?,20?,22+,23-/m0/s1. The van der Waals surface area contributed by atoms with Crippen LogP contribution in [0.15, 0.2) is 11.6 Å². The Bertz CT molecular complexity index is 630. The topological polar surface area (TPSA) is 46.5 Å². The summed E-state index contributed by atoms with van der Waals surface area (Å²) in [5.41, 5.74) is 1.84. The molecule has 4 rings (SSSR count). The van der Waals surface area contributed by atoms with Gasteiger partial charge < -0.3 is 9.84 Å². The molecule has 146 valence electrons. The number of hydrogen-bond acceptors (Lipinski definition) is 3. The van der Waals surface area contributed by atoms with Crippen LogP contribution < -0.4 is 0 Å². The predicted molar refractivity (Wildman–Crippen MR) is 102 cm³/mol. The Morgan fingerprint density at radius 3 is 2.58 bits per heavy atom. The molecule has 3 fully saturated rings. The van der Waals surface area contributed by atoms with Crippen molar-refractivity contribution in [1.82, 2.24) is 0 Å². The highest BCUT2D eigenvalue weighted by Gasteiger charge is 2.61. The Morgan fingerprint density at radius 2 is 1.88 bits per heavy atom. The normalized spacial score (nSPS) is 48.5. The zero-order valence-corrected chi connectivity index (χ0v) is 17.2. The first-order valence-corrected chi connectivity index (χ1v) is 10.7. The van der Waals surface area contributed by atoms with Crippen LogP contribution in [-0.2, 0) is 9.53 Å². The molecule has 3 heteroatoms. The number of rotatable bonds is 2. The van der Waals surface area contributed by atoms with Crippen molar-refractivity contribution in [3.05, 3.63) is 11.6 Å². The van der Waals surface area contributed by atoms with Crippen LogP contribution in [0.2, 0.25) is 0 Å². The van der Waals surface area contributed by atoms with Crippen molar-refractivity contribution >= 4 is 5.78 Å². The summed E-state index contributed by atoms with van der Waals surface area (Å²) in [5.74, 6) is 1.67. The molecule has 0 aliphatic heterocycles. The molecule has 7 atom stereocenters. The van der Waals surface area contributed by atoms with Crippen molar-refractivity contribution < 1.29 is 14.6 Å². The average molecular weight is 361 g/mol. The Labute approximate surface area is 158 Å². The van der Waals surface area contributed by atoms with E-state index in [0.29, 0.717) is 29.6 Å². The van der Waals surface area contributed by atoms with E-state index in [1.54, 1.807) is 13.8 Å². The van der Waals surface area contributed by atoms with Gasteiger partial charge in [0.25, 0.3) is 0 Å². The van der Waals surface area contributed by atoms with E-state index >= 15 is 0 Å². The average Bonchev–Trinajstić information content (AvgIpc) is 2.83. The van der Waals surface area contributed by atoms with E-state index in [9.17, 15) is 9.90 Å². The number of ether oxygens (including phenoxy) is 1. The first kappa shape index (κ1) is 18.7. The molecule has 1 N–H and O–H groups in total. The lowest BCUT2D eigenvalue weighted by Gasteiger charge is -2.60. The number of carbonyl (C=O) groups is 1. The summed E-state index contributed by atoms with van der Waals surface area (Å²) >= 11 is 0. The lowest BCUT2D eigenvalue weighted by atomic mass is 9.46. The fourth-order valence-electron chi connectivity index (χ4n) is 7.25. The third kappa shape index (κ3) is 2.73. The minimum Gasteiger partial charge on any atom is -0.366 e. The maximum atomic E-state index is 12.1. The molecule has 0 spiro atoms. The molecule has 0 bridgehead atoms. The fourth-order valence-corrected chi connectivity index (χ4v) is 7.25. The number of hydrogen-bond donors (Lipinski definition) is 1. The second kappa shape index (κ2) is 5.91. The smallest absolute Gasteiger partial charge is 0.160 e. The van der Waals surface area contributed by atoms with E-state index in [0.717, 1.165) is 18.8 Å². The van der Waals surface area contributed by atoms with Crippen molar-refractivity contribution in [2.24, 2.45) is 34.5 Å². The molecule has 4 aliphatic rings. The lowest BCUT2D eigenvalue weighted by Crippen LogP contribution is -2.57. The molecule has 0 saturated heterocycles. The molecule has 0 aromatic rings. The van der Waals surface area contributed by atoms with Crippen LogP contribution in [0.1, 0.15) is 79.6 Å². The number of fused-ring (bicyclic) bond motifs is 5. The zero-order chi connectivity index (χ0) is 18.9. The van der Waals surface area contributed by atoms with E-state index in [4.69, 9.17) is 4.74 Å². The second-order valence-corrected chi connectivity index (χ2v) is 10.7. The van der Waals surface area contributed by atoms with Gasteiger partial charge in [-0.25, -0.2) is 0 Å². The van der Waals surface area contributed by atoms with E-state index in [-0.39, 0.29) is 17.3 Å². The van der Waals surface area contributed by atoms with Gasteiger partial charge in [-0.05, 0) is 93.0 Å². The summed E-state index contributed by atoms with van der Waals surface area (Å²) in [5, 5.41) is 10.4. The Morgan fingerprint density at radius 1 is 1.15 bits per heavy atom. The number of aliphatic hydroxyl groups is 1. The molecule has 3 saturated carbocycles. The molecular formula is C23H36O3. The monoisotopic (exact) mass is 360 g/mol. The van der Waals surface area contributed by atoms with Gasteiger partial charge in [0.05, 0.1) is 6.10 Å². The summed E-state index contributed by atoms with van der Waals surface area (Å²) in [4.78, 5) is 12.1. The highest BCUT2D eigenvalue weighted by molar-refractivity contribution is 5.91. The van der Waals surface area contributed by atoms with E-state index < -0.39 is 5.79 Å². The molecule has 0 aromatic heterocycles. The van der Waals surface area contributed by atoms with Gasteiger partial charge in [-0.3, -0.25) is 4.79 Å².